The molecule has 1 saturated heterocycles. The van der Waals surface area contributed by atoms with Crippen LogP contribution in [0.1, 0.15) is 59.3 Å². The maximum atomic E-state index is 12.4. The number of carboxylic acid groups (broad SMARTS) is 1. The fourth-order valence-corrected chi connectivity index (χ4v) is 3.54. The zero-order valence-corrected chi connectivity index (χ0v) is 12.6. The van der Waals surface area contributed by atoms with Gasteiger partial charge in [0.15, 0.2) is 0 Å². The molecule has 0 aromatic carbocycles. The maximum absolute atomic E-state index is 12.4. The van der Waals surface area contributed by atoms with Crippen molar-refractivity contribution in [3.05, 3.63) is 0 Å². The van der Waals surface area contributed by atoms with Gasteiger partial charge in [0.05, 0.1) is 0 Å². The minimum absolute atomic E-state index is 0.0243. The van der Waals surface area contributed by atoms with Crippen molar-refractivity contribution in [3.8, 4) is 0 Å². The number of amides is 1. The summed E-state index contributed by atoms with van der Waals surface area (Å²) in [5.74, 6) is -0.271. The lowest BCUT2D eigenvalue weighted by Crippen LogP contribution is -2.44. The Morgan fingerprint density at radius 2 is 2.00 bits per heavy atom. The molecule has 3 atom stereocenters. The van der Waals surface area contributed by atoms with Crippen LogP contribution in [0.3, 0.4) is 0 Å². The molecular formula is C15H25NO4. The second kappa shape index (κ2) is 5.62. The maximum Gasteiger partial charge on any atom is 0.410 e. The molecule has 0 spiro atoms. The second-order valence-electron chi connectivity index (χ2n) is 6.97. The molecule has 2 fully saturated rings. The molecule has 5 heteroatoms. The first kappa shape index (κ1) is 15.1. The number of carbonyl (C=O) groups excluding carboxylic acids is 1. The topological polar surface area (TPSA) is 66.8 Å². The lowest BCUT2D eigenvalue weighted by atomic mass is 10.00. The second-order valence-corrected chi connectivity index (χ2v) is 6.97. The summed E-state index contributed by atoms with van der Waals surface area (Å²) in [4.78, 5) is 25.0. The van der Waals surface area contributed by atoms with Crippen LogP contribution in [0.15, 0.2) is 0 Å². The summed E-state index contributed by atoms with van der Waals surface area (Å²) < 4.78 is 5.51. The first-order valence-corrected chi connectivity index (χ1v) is 7.51. The van der Waals surface area contributed by atoms with Crippen molar-refractivity contribution in [1.82, 2.24) is 4.90 Å². The number of carboxylic acids is 1. The van der Waals surface area contributed by atoms with Gasteiger partial charge in [-0.05, 0) is 52.4 Å². The largest absolute Gasteiger partial charge is 0.481 e. The van der Waals surface area contributed by atoms with E-state index in [-0.39, 0.29) is 24.6 Å². The van der Waals surface area contributed by atoms with Gasteiger partial charge in [0.25, 0.3) is 0 Å². The molecule has 1 N–H and O–H groups in total. The Morgan fingerprint density at radius 1 is 1.30 bits per heavy atom. The van der Waals surface area contributed by atoms with E-state index in [9.17, 15) is 9.59 Å². The smallest absolute Gasteiger partial charge is 0.410 e. The third-order valence-corrected chi connectivity index (χ3v) is 4.24. The first-order chi connectivity index (χ1) is 9.28. The summed E-state index contributed by atoms with van der Waals surface area (Å²) in [6.45, 7) is 5.58. The van der Waals surface area contributed by atoms with Crippen LogP contribution in [0.5, 0.6) is 0 Å². The first-order valence-electron chi connectivity index (χ1n) is 7.51. The number of nitrogens with zero attached hydrogens (tertiary/aromatic N) is 1. The summed E-state index contributed by atoms with van der Waals surface area (Å²) in [5.41, 5.74) is -0.509. The Bertz CT molecular complexity index is 388. The van der Waals surface area contributed by atoms with Gasteiger partial charge < -0.3 is 14.7 Å². The predicted molar refractivity (Wildman–Crippen MR) is 74.5 cm³/mol. The van der Waals surface area contributed by atoms with Gasteiger partial charge in [-0.15, -0.1) is 0 Å². The highest BCUT2D eigenvalue weighted by Crippen LogP contribution is 2.43. The highest BCUT2D eigenvalue weighted by atomic mass is 16.6. The third-order valence-electron chi connectivity index (χ3n) is 4.24. The molecule has 1 unspecified atom stereocenters. The van der Waals surface area contributed by atoms with Crippen molar-refractivity contribution in [2.75, 3.05) is 0 Å². The molecule has 2 rings (SSSR count). The molecular weight excluding hydrogens is 258 g/mol. The van der Waals surface area contributed by atoms with Crippen LogP contribution in [0.2, 0.25) is 0 Å². The van der Waals surface area contributed by atoms with Crippen LogP contribution in [0.25, 0.3) is 0 Å². The van der Waals surface area contributed by atoms with Gasteiger partial charge in [-0.1, -0.05) is 6.42 Å². The standard InChI is InChI=1S/C15H25NO4/c1-15(2,3)20-14(19)16-11(7-8-13(17)18)9-10-5-4-6-12(10)16/h10-12H,4-9H2,1-3H3,(H,17,18)/t10?,11-,12+/m1/s1. The number of aliphatic carboxylic acids is 1. The zero-order valence-electron chi connectivity index (χ0n) is 12.6. The van der Waals surface area contributed by atoms with E-state index in [2.05, 4.69) is 0 Å². The van der Waals surface area contributed by atoms with Crippen LogP contribution in [0, 0.1) is 5.92 Å². The minimum Gasteiger partial charge on any atom is -0.481 e. The number of hydrogen-bond donors (Lipinski definition) is 1. The molecule has 1 heterocycles. The highest BCUT2D eigenvalue weighted by Gasteiger charge is 2.46. The van der Waals surface area contributed by atoms with E-state index < -0.39 is 11.6 Å². The minimum atomic E-state index is -0.800. The summed E-state index contributed by atoms with van der Waals surface area (Å²) in [6.07, 6.45) is 4.62. The molecule has 2 aliphatic rings. The average molecular weight is 283 g/mol. The molecule has 1 aliphatic heterocycles. The van der Waals surface area contributed by atoms with Gasteiger partial charge in [-0.2, -0.15) is 0 Å². The summed E-state index contributed by atoms with van der Waals surface area (Å²) in [6, 6.07) is 0.278. The van der Waals surface area contributed by atoms with Crippen molar-refractivity contribution >= 4 is 12.1 Å². The molecule has 1 amide bonds. The number of ether oxygens (including phenoxy) is 1. The van der Waals surface area contributed by atoms with Crippen molar-refractivity contribution in [2.45, 2.75) is 77.0 Å². The number of fused-ring (bicyclic) bond motifs is 1. The van der Waals surface area contributed by atoms with Gasteiger partial charge in [0.2, 0.25) is 0 Å². The molecule has 5 nitrogen and oxygen atoms in total. The van der Waals surface area contributed by atoms with Gasteiger partial charge in [0, 0.05) is 18.5 Å². The zero-order chi connectivity index (χ0) is 14.9. The summed E-state index contributed by atoms with van der Waals surface area (Å²) in [7, 11) is 0. The average Bonchev–Trinajstić information content (AvgIpc) is 2.81. The van der Waals surface area contributed by atoms with Crippen molar-refractivity contribution in [1.29, 1.82) is 0 Å². The Labute approximate surface area is 120 Å². The predicted octanol–water partition coefficient (Wildman–Crippen LogP) is 3.03. The summed E-state index contributed by atoms with van der Waals surface area (Å²) in [5, 5.41) is 8.85. The molecule has 0 bridgehead atoms. The molecule has 0 aromatic heterocycles. The van der Waals surface area contributed by atoms with Gasteiger partial charge >= 0.3 is 12.1 Å². The number of hydrogen-bond acceptors (Lipinski definition) is 3. The van der Waals surface area contributed by atoms with Crippen molar-refractivity contribution in [3.63, 3.8) is 0 Å². The normalized spacial score (nSPS) is 29.4. The number of rotatable bonds is 3. The fraction of sp³-hybridized carbons (Fsp3) is 0.867. The van der Waals surface area contributed by atoms with Crippen molar-refractivity contribution < 1.29 is 19.4 Å². The lowest BCUT2D eigenvalue weighted by Gasteiger charge is -2.32. The number of carbonyl (C=O) groups is 2. The highest BCUT2D eigenvalue weighted by molar-refractivity contribution is 5.70. The van der Waals surface area contributed by atoms with Crippen LogP contribution in [0.4, 0.5) is 4.79 Å². The molecule has 114 valence electrons. The monoisotopic (exact) mass is 283 g/mol. The quantitative estimate of drug-likeness (QED) is 0.864. The fourth-order valence-electron chi connectivity index (χ4n) is 3.54. The molecule has 1 aliphatic carbocycles. The van der Waals surface area contributed by atoms with Crippen LogP contribution in [-0.2, 0) is 9.53 Å². The third kappa shape index (κ3) is 3.44. The molecule has 1 saturated carbocycles. The number of likely N-dealkylation sites (tertiary alicyclic amines) is 1. The van der Waals surface area contributed by atoms with E-state index in [0.717, 1.165) is 25.7 Å². The molecule has 0 aromatic rings. The Hall–Kier alpha value is -1.26. The summed E-state index contributed by atoms with van der Waals surface area (Å²) >= 11 is 0. The van der Waals surface area contributed by atoms with Crippen molar-refractivity contribution in [2.24, 2.45) is 5.92 Å². The Kier molecular flexibility index (Phi) is 4.25. The van der Waals surface area contributed by atoms with E-state index in [1.807, 2.05) is 25.7 Å². The van der Waals surface area contributed by atoms with E-state index >= 15 is 0 Å². The van der Waals surface area contributed by atoms with Crippen LogP contribution < -0.4 is 0 Å². The van der Waals surface area contributed by atoms with Crippen LogP contribution >= 0.6 is 0 Å². The van der Waals surface area contributed by atoms with Gasteiger partial charge in [-0.3, -0.25) is 4.79 Å². The van der Waals surface area contributed by atoms with Gasteiger partial charge in [-0.25, -0.2) is 4.79 Å². The van der Waals surface area contributed by atoms with E-state index in [0.29, 0.717) is 12.3 Å². The van der Waals surface area contributed by atoms with E-state index in [1.54, 1.807) is 0 Å². The van der Waals surface area contributed by atoms with Gasteiger partial charge in [0.1, 0.15) is 5.60 Å². The van der Waals surface area contributed by atoms with E-state index in [4.69, 9.17) is 9.84 Å². The Morgan fingerprint density at radius 3 is 2.60 bits per heavy atom. The van der Waals surface area contributed by atoms with E-state index in [1.165, 1.54) is 0 Å². The Balaban J connectivity index is 2.06. The molecule has 20 heavy (non-hydrogen) atoms. The SMILES string of the molecule is CC(C)(C)OC(=O)N1[C@H](CCC(=O)O)CC2CCC[C@@H]21. The molecule has 0 radical (unpaired) electrons. The van der Waals surface area contributed by atoms with Crippen LogP contribution in [-0.4, -0.2) is 39.8 Å². The lowest BCUT2D eigenvalue weighted by molar-refractivity contribution is -0.137.